The number of nitrogen functional groups attached to an aromatic ring is 1. The zero-order valence-corrected chi connectivity index (χ0v) is 9.46. The third-order valence-electron chi connectivity index (χ3n) is 2.16. The minimum absolute atomic E-state index is 0.322. The zero-order valence-electron chi connectivity index (χ0n) is 9.46. The average Bonchev–Trinajstić information content (AvgIpc) is 2.06. The summed E-state index contributed by atoms with van der Waals surface area (Å²) in [5.41, 5.74) is 6.98. The first kappa shape index (κ1) is 11.0. The first-order chi connectivity index (χ1) is 6.38. The molecule has 0 saturated heterocycles. The Hall–Kier alpha value is -1.12. The molecule has 0 aliphatic heterocycles. The Labute approximate surface area is 85.8 Å². The van der Waals surface area contributed by atoms with Crippen LogP contribution in [0.1, 0.15) is 38.6 Å². The van der Waals surface area contributed by atoms with Crippen LogP contribution in [0.25, 0.3) is 0 Å². The molecule has 0 saturated carbocycles. The molecule has 0 aliphatic carbocycles. The van der Waals surface area contributed by atoms with E-state index in [-0.39, 0.29) is 0 Å². The van der Waals surface area contributed by atoms with Crippen LogP contribution in [-0.2, 0) is 6.42 Å². The second kappa shape index (κ2) is 3.95. The first-order valence-corrected chi connectivity index (χ1v) is 4.96. The van der Waals surface area contributed by atoms with Crippen LogP contribution in [0, 0.1) is 12.3 Å². The number of hydrogen-bond acceptors (Lipinski definition) is 3. The molecule has 0 aromatic carbocycles. The van der Waals surface area contributed by atoms with Gasteiger partial charge in [-0.3, -0.25) is 0 Å². The summed E-state index contributed by atoms with van der Waals surface area (Å²) < 4.78 is 0. The summed E-state index contributed by atoms with van der Waals surface area (Å²) in [6.45, 7) is 8.56. The molecule has 0 bridgehead atoms. The van der Waals surface area contributed by atoms with Gasteiger partial charge in [-0.25, -0.2) is 9.97 Å². The second-order valence-electron chi connectivity index (χ2n) is 4.92. The summed E-state index contributed by atoms with van der Waals surface area (Å²) in [6.07, 6.45) is 3.77. The van der Waals surface area contributed by atoms with Crippen LogP contribution < -0.4 is 5.73 Å². The van der Waals surface area contributed by atoms with Gasteiger partial charge in [0.2, 0.25) is 0 Å². The van der Waals surface area contributed by atoms with Gasteiger partial charge >= 0.3 is 0 Å². The van der Waals surface area contributed by atoms with Crippen molar-refractivity contribution in [3.8, 4) is 0 Å². The molecular weight excluding hydrogens is 174 g/mol. The second-order valence-corrected chi connectivity index (χ2v) is 4.92. The summed E-state index contributed by atoms with van der Waals surface area (Å²) in [4.78, 5) is 8.49. The van der Waals surface area contributed by atoms with Crippen molar-refractivity contribution in [1.29, 1.82) is 0 Å². The average molecular weight is 193 g/mol. The van der Waals surface area contributed by atoms with Crippen molar-refractivity contribution in [3.05, 3.63) is 17.6 Å². The van der Waals surface area contributed by atoms with Gasteiger partial charge in [-0.2, -0.15) is 0 Å². The summed E-state index contributed by atoms with van der Waals surface area (Å²) in [5, 5.41) is 0. The van der Waals surface area contributed by atoms with Gasteiger partial charge in [-0.15, -0.1) is 0 Å². The number of anilines is 1. The predicted molar refractivity (Wildman–Crippen MR) is 59.0 cm³/mol. The van der Waals surface area contributed by atoms with E-state index in [1.165, 1.54) is 0 Å². The van der Waals surface area contributed by atoms with Gasteiger partial charge in [-0.05, 0) is 18.8 Å². The lowest BCUT2D eigenvalue weighted by Crippen LogP contribution is -2.09. The number of hydrogen-bond donors (Lipinski definition) is 1. The summed E-state index contributed by atoms with van der Waals surface area (Å²) in [6, 6.07) is 0. The molecule has 0 atom stereocenters. The lowest BCUT2D eigenvalue weighted by Gasteiger charge is -2.17. The molecule has 1 aromatic rings. The normalized spacial score (nSPS) is 11.7. The number of aryl methyl sites for hydroxylation is 2. The SMILES string of the molecule is Cc1cnc(CCC(C)(C)C)nc1N. The molecular formula is C11H19N3. The molecule has 1 heterocycles. The smallest absolute Gasteiger partial charge is 0.130 e. The fraction of sp³-hybridized carbons (Fsp3) is 0.636. The molecule has 0 unspecified atom stereocenters. The van der Waals surface area contributed by atoms with Gasteiger partial charge < -0.3 is 5.73 Å². The monoisotopic (exact) mass is 193 g/mol. The van der Waals surface area contributed by atoms with Crippen LogP contribution >= 0.6 is 0 Å². The highest BCUT2D eigenvalue weighted by molar-refractivity contribution is 5.35. The summed E-state index contributed by atoms with van der Waals surface area (Å²) in [5.74, 6) is 1.45. The van der Waals surface area contributed by atoms with E-state index in [0.29, 0.717) is 11.2 Å². The Morgan fingerprint density at radius 1 is 1.36 bits per heavy atom. The molecule has 0 spiro atoms. The number of nitrogens with zero attached hydrogens (tertiary/aromatic N) is 2. The summed E-state index contributed by atoms with van der Waals surface area (Å²) >= 11 is 0. The van der Waals surface area contributed by atoms with Gasteiger partial charge in [0.15, 0.2) is 0 Å². The highest BCUT2D eigenvalue weighted by Gasteiger charge is 2.11. The van der Waals surface area contributed by atoms with Gasteiger partial charge in [0.25, 0.3) is 0 Å². The van der Waals surface area contributed by atoms with Gasteiger partial charge in [-0.1, -0.05) is 20.8 Å². The van der Waals surface area contributed by atoms with Crippen molar-refractivity contribution in [2.45, 2.75) is 40.5 Å². The minimum Gasteiger partial charge on any atom is -0.383 e. The maximum Gasteiger partial charge on any atom is 0.130 e. The Morgan fingerprint density at radius 2 is 2.00 bits per heavy atom. The lowest BCUT2D eigenvalue weighted by molar-refractivity contribution is 0.374. The van der Waals surface area contributed by atoms with E-state index in [2.05, 4.69) is 30.7 Å². The summed E-state index contributed by atoms with van der Waals surface area (Å²) in [7, 11) is 0. The van der Waals surface area contributed by atoms with Crippen molar-refractivity contribution in [3.63, 3.8) is 0 Å². The van der Waals surface area contributed by atoms with Crippen LogP contribution in [-0.4, -0.2) is 9.97 Å². The molecule has 0 aliphatic rings. The van der Waals surface area contributed by atoms with Crippen molar-refractivity contribution >= 4 is 5.82 Å². The van der Waals surface area contributed by atoms with Crippen LogP contribution in [0.4, 0.5) is 5.82 Å². The number of nitrogens with two attached hydrogens (primary N) is 1. The van der Waals surface area contributed by atoms with Crippen molar-refractivity contribution in [2.24, 2.45) is 5.41 Å². The zero-order chi connectivity index (χ0) is 10.8. The van der Waals surface area contributed by atoms with Crippen molar-refractivity contribution < 1.29 is 0 Å². The fourth-order valence-electron chi connectivity index (χ4n) is 1.10. The van der Waals surface area contributed by atoms with E-state index in [1.54, 1.807) is 6.20 Å². The molecule has 1 rings (SSSR count). The van der Waals surface area contributed by atoms with Gasteiger partial charge in [0, 0.05) is 18.2 Å². The predicted octanol–water partition coefficient (Wildman–Crippen LogP) is 2.35. The third kappa shape index (κ3) is 3.32. The van der Waals surface area contributed by atoms with Crippen LogP contribution in [0.2, 0.25) is 0 Å². The topological polar surface area (TPSA) is 51.8 Å². The van der Waals surface area contributed by atoms with Gasteiger partial charge in [0.05, 0.1) is 0 Å². The Kier molecular flexibility index (Phi) is 3.09. The molecule has 3 nitrogen and oxygen atoms in total. The fourth-order valence-corrected chi connectivity index (χ4v) is 1.10. The van der Waals surface area contributed by atoms with E-state index >= 15 is 0 Å². The van der Waals surface area contributed by atoms with E-state index in [4.69, 9.17) is 5.73 Å². The van der Waals surface area contributed by atoms with E-state index in [0.717, 1.165) is 24.2 Å². The van der Waals surface area contributed by atoms with Crippen LogP contribution in [0.3, 0.4) is 0 Å². The van der Waals surface area contributed by atoms with Crippen LogP contribution in [0.15, 0.2) is 6.20 Å². The first-order valence-electron chi connectivity index (χ1n) is 4.96. The Morgan fingerprint density at radius 3 is 2.50 bits per heavy atom. The van der Waals surface area contributed by atoms with Crippen LogP contribution in [0.5, 0.6) is 0 Å². The Balaban J connectivity index is 2.65. The maximum absolute atomic E-state index is 5.71. The highest BCUT2D eigenvalue weighted by Crippen LogP contribution is 2.20. The molecule has 1 aromatic heterocycles. The largest absolute Gasteiger partial charge is 0.383 e. The van der Waals surface area contributed by atoms with E-state index in [9.17, 15) is 0 Å². The molecule has 0 radical (unpaired) electrons. The molecule has 14 heavy (non-hydrogen) atoms. The van der Waals surface area contributed by atoms with Gasteiger partial charge in [0.1, 0.15) is 11.6 Å². The third-order valence-corrected chi connectivity index (χ3v) is 2.16. The molecule has 78 valence electrons. The van der Waals surface area contributed by atoms with Crippen molar-refractivity contribution in [1.82, 2.24) is 9.97 Å². The molecule has 0 amide bonds. The van der Waals surface area contributed by atoms with E-state index < -0.39 is 0 Å². The number of aromatic nitrogens is 2. The Bertz CT molecular complexity index is 313. The quantitative estimate of drug-likeness (QED) is 0.784. The molecule has 3 heteroatoms. The van der Waals surface area contributed by atoms with Crippen molar-refractivity contribution in [2.75, 3.05) is 5.73 Å². The molecule has 0 fully saturated rings. The maximum atomic E-state index is 5.71. The van der Waals surface area contributed by atoms with E-state index in [1.807, 2.05) is 6.92 Å². The minimum atomic E-state index is 0.322. The standard InChI is InChI=1S/C11H19N3/c1-8-7-13-9(14-10(8)12)5-6-11(2,3)4/h7H,5-6H2,1-4H3,(H2,12,13,14). The highest BCUT2D eigenvalue weighted by atomic mass is 14.9. The number of rotatable bonds is 2. The molecule has 2 N–H and O–H groups in total. The lowest BCUT2D eigenvalue weighted by atomic mass is 9.90.